The number of hydrogen-bond acceptors (Lipinski definition) is 3. The Morgan fingerprint density at radius 2 is 1.88 bits per heavy atom. The number of carbonyl (C=O) groups is 1. The van der Waals surface area contributed by atoms with E-state index in [-0.39, 0.29) is 5.91 Å². The quantitative estimate of drug-likeness (QED) is 0.727. The molecule has 1 heterocycles. The molecule has 0 atom stereocenters. The number of rotatable bonds is 5. The van der Waals surface area contributed by atoms with Crippen molar-refractivity contribution >= 4 is 44.2 Å². The Labute approximate surface area is 163 Å². The molecule has 0 aliphatic heterocycles. The third-order valence-electron chi connectivity index (χ3n) is 4.22. The number of fused-ring (bicyclic) bond motifs is 1. The van der Waals surface area contributed by atoms with Crippen LogP contribution in [0.25, 0.3) is 10.2 Å². The highest BCUT2D eigenvalue weighted by atomic mass is 35.5. The van der Waals surface area contributed by atoms with Gasteiger partial charge in [-0.05, 0) is 55.3 Å². The molecule has 0 unspecified atom stereocenters. The normalized spacial score (nSPS) is 11.3. The van der Waals surface area contributed by atoms with Crippen molar-refractivity contribution in [2.24, 2.45) is 0 Å². The monoisotopic (exact) mass is 388 g/mol. The number of benzene rings is 2. The Kier molecular flexibility index (Phi) is 5.61. The second-order valence-electron chi connectivity index (χ2n) is 6.85. The van der Waals surface area contributed by atoms with E-state index in [1.165, 1.54) is 10.5 Å². The average molecular weight is 389 g/mol. The molecule has 0 aliphatic carbocycles. The Hall–Kier alpha value is -1.95. The van der Waals surface area contributed by atoms with Gasteiger partial charge in [0.15, 0.2) is 5.13 Å². The number of nitrogens with zero attached hydrogens (tertiary/aromatic N) is 2. The van der Waals surface area contributed by atoms with Crippen LogP contribution in [0, 0.1) is 13.8 Å². The van der Waals surface area contributed by atoms with E-state index in [9.17, 15) is 4.79 Å². The Bertz CT molecular complexity index is 934. The predicted molar refractivity (Wildman–Crippen MR) is 110 cm³/mol. The number of thiazole rings is 1. The standard InChI is InChI=1S/C20H22ClN3OS/c1-13-11-14(2)18-17(12-13)26-20(22-18)24(10-9-23(3)4)19(25)15-5-7-16(21)8-6-15/h5-8,11-12H,9-10H2,1-4H3/p+1. The second-order valence-corrected chi connectivity index (χ2v) is 8.29. The number of carbonyl (C=O) groups excluding carboxylic acids is 1. The number of anilines is 1. The van der Waals surface area contributed by atoms with Crippen LogP contribution in [0.2, 0.25) is 5.02 Å². The number of aryl methyl sites for hydroxylation is 2. The Balaban J connectivity index is 2.01. The van der Waals surface area contributed by atoms with E-state index in [4.69, 9.17) is 16.6 Å². The zero-order valence-corrected chi connectivity index (χ0v) is 17.0. The predicted octanol–water partition coefficient (Wildman–Crippen LogP) is 3.36. The van der Waals surface area contributed by atoms with Gasteiger partial charge in [0.25, 0.3) is 5.91 Å². The number of halogens is 1. The van der Waals surface area contributed by atoms with Gasteiger partial charge in [-0.3, -0.25) is 9.69 Å². The van der Waals surface area contributed by atoms with Gasteiger partial charge in [-0.25, -0.2) is 4.98 Å². The highest BCUT2D eigenvalue weighted by Gasteiger charge is 2.22. The summed E-state index contributed by atoms with van der Waals surface area (Å²) in [4.78, 5) is 21.0. The molecule has 0 spiro atoms. The summed E-state index contributed by atoms with van der Waals surface area (Å²) in [5.41, 5.74) is 3.94. The number of nitrogens with one attached hydrogen (secondary N) is 1. The average Bonchev–Trinajstić information content (AvgIpc) is 2.99. The lowest BCUT2D eigenvalue weighted by atomic mass is 10.1. The topological polar surface area (TPSA) is 37.6 Å². The number of likely N-dealkylation sites (N-methyl/N-ethyl adjacent to an activating group) is 1. The molecule has 0 saturated carbocycles. The highest BCUT2D eigenvalue weighted by Crippen LogP contribution is 2.32. The van der Waals surface area contributed by atoms with E-state index in [0.717, 1.165) is 27.5 Å². The molecule has 0 fully saturated rings. The van der Waals surface area contributed by atoms with E-state index < -0.39 is 0 Å². The van der Waals surface area contributed by atoms with Crippen molar-refractivity contribution in [1.29, 1.82) is 0 Å². The molecule has 0 radical (unpaired) electrons. The summed E-state index contributed by atoms with van der Waals surface area (Å²) < 4.78 is 1.11. The van der Waals surface area contributed by atoms with Crippen LogP contribution in [-0.4, -0.2) is 38.1 Å². The minimum atomic E-state index is -0.0450. The largest absolute Gasteiger partial charge is 0.338 e. The first-order chi connectivity index (χ1) is 12.3. The van der Waals surface area contributed by atoms with E-state index in [2.05, 4.69) is 40.1 Å². The molecule has 2 aromatic carbocycles. The van der Waals surface area contributed by atoms with Crippen molar-refractivity contribution in [2.75, 3.05) is 32.1 Å². The van der Waals surface area contributed by atoms with E-state index in [0.29, 0.717) is 17.1 Å². The van der Waals surface area contributed by atoms with E-state index in [1.807, 2.05) is 0 Å². The van der Waals surface area contributed by atoms with Crippen LogP contribution in [0.4, 0.5) is 5.13 Å². The van der Waals surface area contributed by atoms with Crippen LogP contribution >= 0.6 is 22.9 Å². The highest BCUT2D eigenvalue weighted by molar-refractivity contribution is 7.22. The first-order valence-corrected chi connectivity index (χ1v) is 9.79. The van der Waals surface area contributed by atoms with Crippen LogP contribution in [0.5, 0.6) is 0 Å². The van der Waals surface area contributed by atoms with Crippen LogP contribution in [-0.2, 0) is 0 Å². The van der Waals surface area contributed by atoms with Crippen LogP contribution in [0.15, 0.2) is 36.4 Å². The van der Waals surface area contributed by atoms with Gasteiger partial charge in [-0.15, -0.1) is 0 Å². The second kappa shape index (κ2) is 7.74. The molecule has 3 rings (SSSR count). The fourth-order valence-corrected chi connectivity index (χ4v) is 4.13. The third kappa shape index (κ3) is 4.06. The summed E-state index contributed by atoms with van der Waals surface area (Å²) in [6, 6.07) is 11.3. The van der Waals surface area contributed by atoms with Crippen molar-refractivity contribution in [3.63, 3.8) is 0 Å². The molecule has 3 aromatic rings. The van der Waals surface area contributed by atoms with Crippen molar-refractivity contribution in [2.45, 2.75) is 13.8 Å². The van der Waals surface area contributed by atoms with Crippen LogP contribution in [0.3, 0.4) is 0 Å². The molecule has 26 heavy (non-hydrogen) atoms. The van der Waals surface area contributed by atoms with Crippen molar-refractivity contribution in [3.8, 4) is 0 Å². The molecule has 1 N–H and O–H groups in total. The fraction of sp³-hybridized carbons (Fsp3) is 0.300. The molecule has 1 aromatic heterocycles. The van der Waals surface area contributed by atoms with Crippen molar-refractivity contribution in [1.82, 2.24) is 4.98 Å². The van der Waals surface area contributed by atoms with Gasteiger partial charge in [0.1, 0.15) is 0 Å². The van der Waals surface area contributed by atoms with Gasteiger partial charge >= 0.3 is 0 Å². The van der Waals surface area contributed by atoms with Crippen LogP contribution < -0.4 is 9.80 Å². The van der Waals surface area contributed by atoms with E-state index in [1.54, 1.807) is 40.5 Å². The molecule has 136 valence electrons. The molecule has 0 saturated heterocycles. The lowest BCUT2D eigenvalue weighted by Crippen LogP contribution is -3.06. The third-order valence-corrected chi connectivity index (χ3v) is 5.50. The Morgan fingerprint density at radius 3 is 2.54 bits per heavy atom. The number of amides is 1. The van der Waals surface area contributed by atoms with Gasteiger partial charge in [0.05, 0.1) is 37.4 Å². The maximum absolute atomic E-state index is 13.1. The molecule has 1 amide bonds. The summed E-state index contributed by atoms with van der Waals surface area (Å²) in [6.07, 6.45) is 0. The molecular weight excluding hydrogens is 366 g/mol. The summed E-state index contributed by atoms with van der Waals surface area (Å²) in [5, 5.41) is 1.37. The van der Waals surface area contributed by atoms with Crippen molar-refractivity contribution < 1.29 is 9.69 Å². The fourth-order valence-electron chi connectivity index (χ4n) is 2.84. The number of hydrogen-bond donors (Lipinski definition) is 1. The Morgan fingerprint density at radius 1 is 1.19 bits per heavy atom. The summed E-state index contributed by atoms with van der Waals surface area (Å²) in [5.74, 6) is -0.0450. The van der Waals surface area contributed by atoms with E-state index >= 15 is 0 Å². The van der Waals surface area contributed by atoms with Gasteiger partial charge in [-0.1, -0.05) is 29.0 Å². The van der Waals surface area contributed by atoms with Gasteiger partial charge in [-0.2, -0.15) is 0 Å². The van der Waals surface area contributed by atoms with Gasteiger partial charge < -0.3 is 4.90 Å². The smallest absolute Gasteiger partial charge is 0.260 e. The number of quaternary nitrogens is 1. The first-order valence-electron chi connectivity index (χ1n) is 8.59. The van der Waals surface area contributed by atoms with Crippen molar-refractivity contribution in [3.05, 3.63) is 58.1 Å². The minimum Gasteiger partial charge on any atom is -0.338 e. The summed E-state index contributed by atoms with van der Waals surface area (Å²) in [6.45, 7) is 5.60. The molecule has 0 bridgehead atoms. The lowest BCUT2D eigenvalue weighted by Gasteiger charge is -2.20. The summed E-state index contributed by atoms with van der Waals surface area (Å²) >= 11 is 7.53. The van der Waals surface area contributed by atoms with Gasteiger partial charge in [0, 0.05) is 10.6 Å². The molecule has 4 nitrogen and oxygen atoms in total. The maximum atomic E-state index is 13.1. The molecule has 6 heteroatoms. The van der Waals surface area contributed by atoms with Crippen LogP contribution in [0.1, 0.15) is 21.5 Å². The SMILES string of the molecule is Cc1cc(C)c2nc(N(CC[NH+](C)C)C(=O)c3ccc(Cl)cc3)sc2c1. The zero-order chi connectivity index (χ0) is 18.8. The first kappa shape index (κ1) is 18.8. The number of aromatic nitrogens is 1. The lowest BCUT2D eigenvalue weighted by molar-refractivity contribution is -0.856. The maximum Gasteiger partial charge on any atom is 0.260 e. The minimum absolute atomic E-state index is 0.0450. The van der Waals surface area contributed by atoms with Gasteiger partial charge in [0.2, 0.25) is 0 Å². The zero-order valence-electron chi connectivity index (χ0n) is 15.5. The summed E-state index contributed by atoms with van der Waals surface area (Å²) in [7, 11) is 4.16. The molecular formula is C20H23ClN3OS+. The molecule has 0 aliphatic rings.